The van der Waals surface area contributed by atoms with Crippen LogP contribution in [0.4, 0.5) is 0 Å². The van der Waals surface area contributed by atoms with E-state index in [-0.39, 0.29) is 24.0 Å². The molecule has 1 aliphatic rings. The summed E-state index contributed by atoms with van der Waals surface area (Å²) in [6, 6.07) is 10.8. The second kappa shape index (κ2) is 12.5. The first-order chi connectivity index (χ1) is 15.2. The van der Waals surface area contributed by atoms with Crippen molar-refractivity contribution in [3.63, 3.8) is 0 Å². The van der Waals surface area contributed by atoms with Gasteiger partial charge in [0.25, 0.3) is 0 Å². The summed E-state index contributed by atoms with van der Waals surface area (Å²) < 4.78 is 2.05. The first-order valence-electron chi connectivity index (χ1n) is 11.2. The van der Waals surface area contributed by atoms with E-state index >= 15 is 0 Å². The Labute approximate surface area is 211 Å². The largest absolute Gasteiger partial charge is 0.356 e. The molecule has 0 aliphatic carbocycles. The van der Waals surface area contributed by atoms with Crippen molar-refractivity contribution in [3.8, 4) is 0 Å². The molecule has 1 aliphatic heterocycles. The number of piperidine rings is 1. The second-order valence-electron chi connectivity index (χ2n) is 8.28. The van der Waals surface area contributed by atoms with Crippen molar-refractivity contribution in [2.24, 2.45) is 10.9 Å². The molecule has 2 N–H and O–H groups in total. The molecule has 0 aromatic carbocycles. The summed E-state index contributed by atoms with van der Waals surface area (Å²) in [4.78, 5) is 8.48. The first-order valence-corrected chi connectivity index (χ1v) is 12.1. The molecule has 174 valence electrons. The van der Waals surface area contributed by atoms with Crippen molar-refractivity contribution >= 4 is 46.9 Å². The first kappa shape index (κ1) is 24.9. The van der Waals surface area contributed by atoms with Gasteiger partial charge in [0.1, 0.15) is 5.82 Å². The minimum Gasteiger partial charge on any atom is -0.356 e. The molecule has 1 fully saturated rings. The number of guanidine groups is 1. The zero-order chi connectivity index (χ0) is 21.5. The van der Waals surface area contributed by atoms with E-state index in [4.69, 9.17) is 0 Å². The van der Waals surface area contributed by atoms with Crippen molar-refractivity contribution < 1.29 is 0 Å². The number of fused-ring (bicyclic) bond motifs is 1. The number of pyridine rings is 1. The summed E-state index contributed by atoms with van der Waals surface area (Å²) in [7, 11) is 1.84. The lowest BCUT2D eigenvalue weighted by Gasteiger charge is -2.36. The quantitative estimate of drug-likeness (QED) is 0.187. The van der Waals surface area contributed by atoms with Gasteiger partial charge in [0.2, 0.25) is 0 Å². The molecule has 3 aromatic rings. The summed E-state index contributed by atoms with van der Waals surface area (Å²) in [5.41, 5.74) is 0.898. The maximum absolute atomic E-state index is 4.43. The van der Waals surface area contributed by atoms with Gasteiger partial charge in [-0.15, -0.1) is 45.5 Å². The zero-order valence-electron chi connectivity index (χ0n) is 18.9. The van der Waals surface area contributed by atoms with Crippen molar-refractivity contribution in [1.29, 1.82) is 0 Å². The molecule has 4 heterocycles. The smallest absolute Gasteiger partial charge is 0.191 e. The molecular formula is C23H34IN7S. The van der Waals surface area contributed by atoms with Crippen LogP contribution in [0.1, 0.15) is 42.9 Å². The molecule has 1 atom stereocenters. The fraction of sp³-hybridized carbons (Fsp3) is 0.522. The van der Waals surface area contributed by atoms with Crippen LogP contribution in [0, 0.1) is 5.92 Å². The van der Waals surface area contributed by atoms with Gasteiger partial charge in [-0.1, -0.05) is 19.1 Å². The number of likely N-dealkylation sites (tertiary alicyclic amines) is 1. The molecule has 7 nitrogen and oxygen atoms in total. The summed E-state index contributed by atoms with van der Waals surface area (Å²) in [5, 5.41) is 17.7. The van der Waals surface area contributed by atoms with E-state index in [1.165, 1.54) is 30.8 Å². The van der Waals surface area contributed by atoms with Crippen LogP contribution in [0.25, 0.3) is 5.65 Å². The molecule has 9 heteroatoms. The molecule has 1 saturated heterocycles. The van der Waals surface area contributed by atoms with E-state index in [1.807, 2.05) is 42.8 Å². The van der Waals surface area contributed by atoms with Crippen molar-refractivity contribution in [2.75, 3.05) is 33.2 Å². The fourth-order valence-corrected chi connectivity index (χ4v) is 5.02. The number of aryl methyl sites for hydroxylation is 1. The average Bonchev–Trinajstić information content (AvgIpc) is 3.47. The standard InChI is InChI=1S/C23H33N7S.HI/c1-18-10-14-29(15-11-18)19(20-7-6-16-31-20)17-26-23(24-2)25-12-5-9-22-28-27-21-8-3-4-13-30(21)22;/h3-4,6-8,13,16,18-19H,5,9-12,14-15,17H2,1-2H3,(H2,24,25,26);1H. The van der Waals surface area contributed by atoms with Crippen LogP contribution in [-0.4, -0.2) is 58.7 Å². The van der Waals surface area contributed by atoms with Crippen LogP contribution < -0.4 is 10.6 Å². The van der Waals surface area contributed by atoms with E-state index in [1.54, 1.807) is 0 Å². The minimum atomic E-state index is 0. The van der Waals surface area contributed by atoms with E-state index < -0.39 is 0 Å². The summed E-state index contributed by atoms with van der Waals surface area (Å²) >= 11 is 1.85. The highest BCUT2D eigenvalue weighted by atomic mass is 127. The van der Waals surface area contributed by atoms with Crippen LogP contribution >= 0.6 is 35.3 Å². The third-order valence-electron chi connectivity index (χ3n) is 6.07. The lowest BCUT2D eigenvalue weighted by atomic mass is 9.97. The molecular weight excluding hydrogens is 533 g/mol. The van der Waals surface area contributed by atoms with E-state index in [2.05, 4.69) is 59.6 Å². The predicted octanol–water partition coefficient (Wildman–Crippen LogP) is 3.98. The van der Waals surface area contributed by atoms with Crippen molar-refractivity contribution in [1.82, 2.24) is 30.1 Å². The van der Waals surface area contributed by atoms with E-state index in [9.17, 15) is 0 Å². The number of halogens is 1. The van der Waals surface area contributed by atoms with E-state index in [0.717, 1.165) is 49.3 Å². The molecule has 0 saturated carbocycles. The van der Waals surface area contributed by atoms with Gasteiger partial charge in [-0.2, -0.15) is 0 Å². The average molecular weight is 568 g/mol. The topological polar surface area (TPSA) is 69.8 Å². The number of hydrogen-bond acceptors (Lipinski definition) is 5. The lowest BCUT2D eigenvalue weighted by Crippen LogP contribution is -2.45. The van der Waals surface area contributed by atoms with Crippen molar-refractivity contribution in [2.45, 2.75) is 38.6 Å². The van der Waals surface area contributed by atoms with Crippen LogP contribution in [0.3, 0.4) is 0 Å². The summed E-state index contributed by atoms with van der Waals surface area (Å²) in [6.45, 7) is 6.41. The van der Waals surface area contributed by atoms with Crippen LogP contribution in [0.5, 0.6) is 0 Å². The maximum atomic E-state index is 4.43. The number of thiophene rings is 1. The molecule has 0 radical (unpaired) electrons. The van der Waals surface area contributed by atoms with Gasteiger partial charge in [-0.05, 0) is 61.8 Å². The van der Waals surface area contributed by atoms with E-state index in [0.29, 0.717) is 6.04 Å². The number of nitrogens with zero attached hydrogens (tertiary/aromatic N) is 5. The highest BCUT2D eigenvalue weighted by Gasteiger charge is 2.25. The van der Waals surface area contributed by atoms with Gasteiger partial charge in [-0.25, -0.2) is 0 Å². The lowest BCUT2D eigenvalue weighted by molar-refractivity contribution is 0.140. The van der Waals surface area contributed by atoms with Crippen LogP contribution in [0.15, 0.2) is 46.9 Å². The molecule has 0 spiro atoms. The Kier molecular flexibility index (Phi) is 9.73. The zero-order valence-corrected chi connectivity index (χ0v) is 22.1. The van der Waals surface area contributed by atoms with Crippen LogP contribution in [0.2, 0.25) is 0 Å². The fourth-order valence-electron chi connectivity index (χ4n) is 4.16. The number of aromatic nitrogens is 3. The molecule has 1 unspecified atom stereocenters. The van der Waals surface area contributed by atoms with Gasteiger partial charge in [-0.3, -0.25) is 14.3 Å². The number of nitrogens with one attached hydrogen (secondary N) is 2. The monoisotopic (exact) mass is 567 g/mol. The SMILES string of the molecule is CN=C(NCCCc1nnc2ccccn12)NCC(c1cccs1)N1CCC(C)CC1.I. The van der Waals surface area contributed by atoms with Gasteiger partial charge >= 0.3 is 0 Å². The third kappa shape index (κ3) is 6.41. The molecule has 0 amide bonds. The second-order valence-corrected chi connectivity index (χ2v) is 9.26. The summed E-state index contributed by atoms with van der Waals surface area (Å²) in [5.74, 6) is 2.69. The molecule has 32 heavy (non-hydrogen) atoms. The Morgan fingerprint density at radius 1 is 1.19 bits per heavy atom. The Morgan fingerprint density at radius 2 is 2.03 bits per heavy atom. The summed E-state index contributed by atoms with van der Waals surface area (Å²) in [6.07, 6.45) is 6.43. The van der Waals surface area contributed by atoms with Crippen molar-refractivity contribution in [3.05, 3.63) is 52.6 Å². The number of hydrogen-bond donors (Lipinski definition) is 2. The molecule has 4 rings (SSSR count). The highest BCUT2D eigenvalue weighted by molar-refractivity contribution is 14.0. The normalized spacial score (nSPS) is 16.6. The van der Waals surface area contributed by atoms with Gasteiger partial charge in [0.15, 0.2) is 11.6 Å². The van der Waals surface area contributed by atoms with Gasteiger partial charge in [0, 0.05) is 37.6 Å². The van der Waals surface area contributed by atoms with Gasteiger partial charge < -0.3 is 10.6 Å². The number of rotatable bonds is 8. The Bertz CT molecular complexity index is 964. The predicted molar refractivity (Wildman–Crippen MR) is 143 cm³/mol. The minimum absolute atomic E-state index is 0. The maximum Gasteiger partial charge on any atom is 0.191 e. The third-order valence-corrected chi connectivity index (χ3v) is 7.04. The molecule has 3 aromatic heterocycles. The Morgan fingerprint density at radius 3 is 2.78 bits per heavy atom. The molecule has 0 bridgehead atoms. The van der Waals surface area contributed by atoms with Crippen LogP contribution in [-0.2, 0) is 6.42 Å². The Balaban J connectivity index is 0.00000289. The van der Waals surface area contributed by atoms with Gasteiger partial charge in [0.05, 0.1) is 6.04 Å². The highest BCUT2D eigenvalue weighted by Crippen LogP contribution is 2.29. The number of aliphatic imine (C=N–C) groups is 1. The Hall–Kier alpha value is -1.72.